The minimum atomic E-state index is -0.165. The molecule has 1 aromatic rings. The summed E-state index contributed by atoms with van der Waals surface area (Å²) in [6, 6.07) is 6.84. The van der Waals surface area contributed by atoms with Crippen molar-refractivity contribution < 1.29 is 13.9 Å². The Morgan fingerprint density at radius 3 is 2.86 bits per heavy atom. The molecule has 0 saturated carbocycles. The van der Waals surface area contributed by atoms with Crippen molar-refractivity contribution in [2.24, 2.45) is 4.99 Å². The number of piperidine rings is 1. The number of nitrogens with zero attached hydrogens (tertiary/aromatic N) is 2. The fourth-order valence-electron chi connectivity index (χ4n) is 3.93. The zero-order valence-electron chi connectivity index (χ0n) is 17.0. The van der Waals surface area contributed by atoms with Crippen molar-refractivity contribution in [1.29, 1.82) is 0 Å². The zero-order valence-corrected chi connectivity index (χ0v) is 17.0. The van der Waals surface area contributed by atoms with Crippen LogP contribution in [-0.2, 0) is 15.9 Å². The van der Waals surface area contributed by atoms with Crippen molar-refractivity contribution in [2.45, 2.75) is 57.2 Å². The summed E-state index contributed by atoms with van der Waals surface area (Å²) in [5, 5.41) is 3.44. The van der Waals surface area contributed by atoms with Crippen LogP contribution >= 0.6 is 0 Å². The van der Waals surface area contributed by atoms with Gasteiger partial charge in [0.2, 0.25) is 0 Å². The highest BCUT2D eigenvalue weighted by atomic mass is 19.1. The molecule has 2 saturated heterocycles. The lowest BCUT2D eigenvalue weighted by Gasteiger charge is -2.35. The number of hydrogen-bond acceptors (Lipinski definition) is 3. The Morgan fingerprint density at radius 1 is 1.29 bits per heavy atom. The van der Waals surface area contributed by atoms with E-state index in [1.807, 2.05) is 13.1 Å². The van der Waals surface area contributed by atoms with Gasteiger partial charge >= 0.3 is 0 Å². The topological polar surface area (TPSA) is 46.1 Å². The number of aryl methyl sites for hydroxylation is 1. The normalized spacial score (nSPS) is 21.7. The molecule has 0 aliphatic carbocycles. The summed E-state index contributed by atoms with van der Waals surface area (Å²) >= 11 is 0. The third-order valence-electron chi connectivity index (χ3n) is 5.56. The summed E-state index contributed by atoms with van der Waals surface area (Å²) in [6.07, 6.45) is 8.05. The number of ether oxygens (including phenoxy) is 2. The van der Waals surface area contributed by atoms with Gasteiger partial charge in [0, 0.05) is 33.3 Å². The average molecular weight is 392 g/mol. The fourth-order valence-corrected chi connectivity index (χ4v) is 3.93. The van der Waals surface area contributed by atoms with Crippen molar-refractivity contribution in [3.05, 3.63) is 35.6 Å². The Balaban J connectivity index is 1.32. The molecule has 0 radical (unpaired) electrons. The number of guanidine groups is 1. The van der Waals surface area contributed by atoms with E-state index in [2.05, 4.69) is 15.2 Å². The van der Waals surface area contributed by atoms with Crippen LogP contribution in [0.1, 0.15) is 44.1 Å². The van der Waals surface area contributed by atoms with Crippen molar-refractivity contribution in [1.82, 2.24) is 10.2 Å². The van der Waals surface area contributed by atoms with Gasteiger partial charge in [0.15, 0.2) is 5.96 Å². The van der Waals surface area contributed by atoms with E-state index in [0.717, 1.165) is 76.5 Å². The van der Waals surface area contributed by atoms with Gasteiger partial charge in [-0.2, -0.15) is 0 Å². The quantitative estimate of drug-likeness (QED) is 0.440. The Labute approximate surface area is 168 Å². The standard InChI is InChI=1S/C22H34FN3O2/c1-24-22(25-12-5-7-18-6-4-8-19(23)16-18)26-13-10-20(11-14-26)28-17-21-9-2-3-15-27-21/h4,6,8,16,20-21H,2-3,5,7,9-15,17H2,1H3,(H,24,25). The third kappa shape index (κ3) is 6.74. The average Bonchev–Trinajstić information content (AvgIpc) is 2.74. The molecule has 1 aromatic carbocycles. The number of nitrogens with one attached hydrogen (secondary N) is 1. The van der Waals surface area contributed by atoms with Crippen molar-refractivity contribution in [2.75, 3.05) is 39.9 Å². The van der Waals surface area contributed by atoms with E-state index in [4.69, 9.17) is 9.47 Å². The summed E-state index contributed by atoms with van der Waals surface area (Å²) in [4.78, 5) is 6.73. The van der Waals surface area contributed by atoms with Crippen LogP contribution in [-0.4, -0.2) is 63.0 Å². The molecular formula is C22H34FN3O2. The smallest absolute Gasteiger partial charge is 0.193 e. The summed E-state index contributed by atoms with van der Waals surface area (Å²) in [7, 11) is 1.83. The molecule has 1 unspecified atom stereocenters. The van der Waals surface area contributed by atoms with E-state index in [0.29, 0.717) is 12.2 Å². The SMILES string of the molecule is CN=C(NCCCc1cccc(F)c1)N1CCC(OCC2CCCCO2)CC1. The van der Waals surface area contributed by atoms with Gasteiger partial charge in [0.25, 0.3) is 0 Å². The minimum absolute atomic E-state index is 0.165. The van der Waals surface area contributed by atoms with Gasteiger partial charge in [-0.25, -0.2) is 4.39 Å². The molecule has 5 nitrogen and oxygen atoms in total. The number of benzene rings is 1. The van der Waals surface area contributed by atoms with Crippen LogP contribution in [0.3, 0.4) is 0 Å². The predicted octanol–water partition coefficient (Wildman–Crippen LogP) is 3.38. The minimum Gasteiger partial charge on any atom is -0.376 e. The van der Waals surface area contributed by atoms with Crippen molar-refractivity contribution in [3.8, 4) is 0 Å². The lowest BCUT2D eigenvalue weighted by molar-refractivity contribution is -0.0721. The molecule has 0 aromatic heterocycles. The maximum Gasteiger partial charge on any atom is 0.193 e. The lowest BCUT2D eigenvalue weighted by atomic mass is 10.1. The molecule has 0 bridgehead atoms. The molecule has 2 heterocycles. The summed E-state index contributed by atoms with van der Waals surface area (Å²) in [5.41, 5.74) is 1.04. The first kappa shape index (κ1) is 21.1. The van der Waals surface area contributed by atoms with Crippen molar-refractivity contribution >= 4 is 5.96 Å². The van der Waals surface area contributed by atoms with Gasteiger partial charge in [-0.3, -0.25) is 4.99 Å². The molecular weight excluding hydrogens is 357 g/mol. The summed E-state index contributed by atoms with van der Waals surface area (Å²) in [5.74, 6) is 0.787. The fraction of sp³-hybridized carbons (Fsp3) is 0.682. The first-order chi connectivity index (χ1) is 13.7. The third-order valence-corrected chi connectivity index (χ3v) is 5.56. The molecule has 2 aliphatic rings. The van der Waals surface area contributed by atoms with Gasteiger partial charge in [0.05, 0.1) is 18.8 Å². The predicted molar refractivity (Wildman–Crippen MR) is 110 cm³/mol. The van der Waals surface area contributed by atoms with E-state index >= 15 is 0 Å². The highest BCUT2D eigenvalue weighted by Crippen LogP contribution is 2.18. The lowest BCUT2D eigenvalue weighted by Crippen LogP contribution is -2.47. The first-order valence-electron chi connectivity index (χ1n) is 10.7. The molecule has 1 N–H and O–H groups in total. The van der Waals surface area contributed by atoms with E-state index in [1.54, 1.807) is 12.1 Å². The molecule has 156 valence electrons. The van der Waals surface area contributed by atoms with Crippen LogP contribution in [0.4, 0.5) is 4.39 Å². The maximum absolute atomic E-state index is 13.2. The van der Waals surface area contributed by atoms with E-state index in [1.165, 1.54) is 18.9 Å². The number of hydrogen-bond donors (Lipinski definition) is 1. The molecule has 6 heteroatoms. The summed E-state index contributed by atoms with van der Waals surface area (Å²) in [6.45, 7) is 4.36. The van der Waals surface area contributed by atoms with Gasteiger partial charge in [-0.15, -0.1) is 0 Å². The second-order valence-electron chi connectivity index (χ2n) is 7.72. The molecule has 0 amide bonds. The Kier molecular flexibility index (Phi) is 8.55. The van der Waals surface area contributed by atoms with Crippen LogP contribution in [0.25, 0.3) is 0 Å². The monoisotopic (exact) mass is 391 g/mol. The molecule has 0 spiro atoms. The van der Waals surface area contributed by atoms with Gasteiger partial charge < -0.3 is 19.7 Å². The Hall–Kier alpha value is -1.66. The Morgan fingerprint density at radius 2 is 2.14 bits per heavy atom. The van der Waals surface area contributed by atoms with Gasteiger partial charge in [0.1, 0.15) is 5.82 Å². The van der Waals surface area contributed by atoms with Crippen LogP contribution in [0.2, 0.25) is 0 Å². The summed E-state index contributed by atoms with van der Waals surface area (Å²) < 4.78 is 25.1. The molecule has 2 aliphatic heterocycles. The Bertz CT molecular complexity index is 612. The molecule has 3 rings (SSSR count). The second-order valence-corrected chi connectivity index (χ2v) is 7.72. The van der Waals surface area contributed by atoms with Crippen LogP contribution < -0.4 is 5.32 Å². The van der Waals surface area contributed by atoms with Crippen molar-refractivity contribution in [3.63, 3.8) is 0 Å². The largest absolute Gasteiger partial charge is 0.376 e. The maximum atomic E-state index is 13.2. The van der Waals surface area contributed by atoms with Gasteiger partial charge in [-0.1, -0.05) is 12.1 Å². The van der Waals surface area contributed by atoms with E-state index in [-0.39, 0.29) is 5.82 Å². The van der Waals surface area contributed by atoms with E-state index < -0.39 is 0 Å². The van der Waals surface area contributed by atoms with Gasteiger partial charge in [-0.05, 0) is 62.6 Å². The van der Waals surface area contributed by atoms with Crippen LogP contribution in [0.5, 0.6) is 0 Å². The highest BCUT2D eigenvalue weighted by molar-refractivity contribution is 5.79. The van der Waals surface area contributed by atoms with Crippen LogP contribution in [0.15, 0.2) is 29.3 Å². The molecule has 28 heavy (non-hydrogen) atoms. The van der Waals surface area contributed by atoms with E-state index in [9.17, 15) is 4.39 Å². The molecule has 2 fully saturated rings. The number of rotatable bonds is 7. The number of likely N-dealkylation sites (tertiary alicyclic amines) is 1. The number of aliphatic imine (C=N–C) groups is 1. The van der Waals surface area contributed by atoms with Crippen LogP contribution in [0, 0.1) is 5.82 Å². The molecule has 1 atom stereocenters. The number of halogens is 1. The zero-order chi connectivity index (χ0) is 19.6. The highest BCUT2D eigenvalue weighted by Gasteiger charge is 2.23. The first-order valence-corrected chi connectivity index (χ1v) is 10.7. The second kappa shape index (κ2) is 11.4.